The lowest BCUT2D eigenvalue weighted by Gasteiger charge is -2.09. The van der Waals surface area contributed by atoms with E-state index < -0.39 is 0 Å². The molecule has 3 rings (SSSR count). The lowest BCUT2D eigenvalue weighted by atomic mass is 10.1. The van der Waals surface area contributed by atoms with Crippen molar-refractivity contribution in [3.63, 3.8) is 0 Å². The Balaban J connectivity index is 2.04. The second-order valence-electron chi connectivity index (χ2n) is 4.54. The molecular formula is C16H14N2O2. The zero-order valence-corrected chi connectivity index (χ0v) is 11.1. The number of aliphatic hydroxyl groups excluding tert-OH is 1. The smallest absolute Gasteiger partial charge is 0.246 e. The lowest BCUT2D eigenvalue weighted by molar-refractivity contribution is 0.281. The molecular weight excluding hydrogens is 252 g/mol. The molecule has 0 amide bonds. The molecule has 1 aromatic heterocycles. The molecule has 0 saturated heterocycles. The number of aliphatic hydroxyl groups is 1. The quantitative estimate of drug-likeness (QED) is 0.790. The van der Waals surface area contributed by atoms with Crippen molar-refractivity contribution >= 4 is 10.8 Å². The Kier molecular flexibility index (Phi) is 3.31. The minimum atomic E-state index is -0.0163. The van der Waals surface area contributed by atoms with Crippen LogP contribution in [0.5, 0.6) is 11.6 Å². The van der Waals surface area contributed by atoms with E-state index >= 15 is 0 Å². The Bertz CT molecular complexity index is 756. The second kappa shape index (κ2) is 5.27. The van der Waals surface area contributed by atoms with E-state index in [2.05, 4.69) is 10.2 Å². The standard InChI is InChI=1S/C16H14N2O2/c1-11-14-7-2-3-8-15(14)16(18-17-11)20-13-6-4-5-12(9-13)10-19/h2-9,19H,10H2,1H3. The number of hydrogen-bond acceptors (Lipinski definition) is 4. The largest absolute Gasteiger partial charge is 0.437 e. The van der Waals surface area contributed by atoms with Crippen molar-refractivity contribution in [2.75, 3.05) is 0 Å². The molecule has 0 unspecified atom stereocenters. The summed E-state index contributed by atoms with van der Waals surface area (Å²) >= 11 is 0. The summed E-state index contributed by atoms with van der Waals surface area (Å²) in [6.07, 6.45) is 0. The minimum Gasteiger partial charge on any atom is -0.437 e. The highest BCUT2D eigenvalue weighted by molar-refractivity contribution is 5.88. The molecule has 0 aliphatic carbocycles. The number of ether oxygens (including phenoxy) is 1. The Morgan fingerprint density at radius 3 is 2.60 bits per heavy atom. The van der Waals surface area contributed by atoms with Crippen molar-refractivity contribution < 1.29 is 9.84 Å². The van der Waals surface area contributed by atoms with Gasteiger partial charge in [-0.15, -0.1) is 5.10 Å². The maximum absolute atomic E-state index is 9.15. The van der Waals surface area contributed by atoms with Gasteiger partial charge in [-0.25, -0.2) is 0 Å². The first-order valence-electron chi connectivity index (χ1n) is 6.37. The number of benzene rings is 2. The minimum absolute atomic E-state index is 0.0163. The summed E-state index contributed by atoms with van der Waals surface area (Å²) in [4.78, 5) is 0. The van der Waals surface area contributed by atoms with E-state index in [0.29, 0.717) is 11.6 Å². The summed E-state index contributed by atoms with van der Waals surface area (Å²) in [5.74, 6) is 1.11. The van der Waals surface area contributed by atoms with Crippen LogP contribution in [0.1, 0.15) is 11.3 Å². The van der Waals surface area contributed by atoms with Crippen LogP contribution in [0.4, 0.5) is 0 Å². The van der Waals surface area contributed by atoms with E-state index in [0.717, 1.165) is 22.0 Å². The molecule has 0 aliphatic rings. The molecule has 0 spiro atoms. The van der Waals surface area contributed by atoms with E-state index in [1.54, 1.807) is 6.07 Å². The molecule has 20 heavy (non-hydrogen) atoms. The molecule has 0 saturated carbocycles. The number of rotatable bonds is 3. The number of aromatic nitrogens is 2. The van der Waals surface area contributed by atoms with E-state index in [-0.39, 0.29) is 6.61 Å². The third-order valence-electron chi connectivity index (χ3n) is 3.13. The second-order valence-corrected chi connectivity index (χ2v) is 4.54. The molecule has 3 aromatic rings. The SMILES string of the molecule is Cc1nnc(Oc2cccc(CO)c2)c2ccccc12. The van der Waals surface area contributed by atoms with Crippen LogP contribution in [0.3, 0.4) is 0 Å². The van der Waals surface area contributed by atoms with Gasteiger partial charge in [0.05, 0.1) is 12.3 Å². The average molecular weight is 266 g/mol. The van der Waals surface area contributed by atoms with Gasteiger partial charge in [-0.3, -0.25) is 0 Å². The van der Waals surface area contributed by atoms with Gasteiger partial charge in [-0.05, 0) is 30.7 Å². The first-order chi connectivity index (χ1) is 9.78. The highest BCUT2D eigenvalue weighted by Crippen LogP contribution is 2.28. The Labute approximate surface area is 116 Å². The Hall–Kier alpha value is -2.46. The average Bonchev–Trinajstić information content (AvgIpc) is 2.51. The van der Waals surface area contributed by atoms with Crippen LogP contribution >= 0.6 is 0 Å². The van der Waals surface area contributed by atoms with Crippen LogP contribution in [-0.2, 0) is 6.61 Å². The fourth-order valence-electron chi connectivity index (χ4n) is 2.11. The fraction of sp³-hybridized carbons (Fsp3) is 0.125. The molecule has 4 nitrogen and oxygen atoms in total. The monoisotopic (exact) mass is 266 g/mol. The van der Waals surface area contributed by atoms with Gasteiger partial charge in [0, 0.05) is 10.8 Å². The number of aryl methyl sites for hydroxylation is 1. The van der Waals surface area contributed by atoms with Crippen LogP contribution < -0.4 is 4.74 Å². The molecule has 1 heterocycles. The third-order valence-corrected chi connectivity index (χ3v) is 3.13. The summed E-state index contributed by atoms with van der Waals surface area (Å²) in [7, 11) is 0. The predicted molar refractivity (Wildman–Crippen MR) is 76.7 cm³/mol. The summed E-state index contributed by atoms with van der Waals surface area (Å²) in [6, 6.07) is 15.2. The Morgan fingerprint density at radius 1 is 1.00 bits per heavy atom. The molecule has 4 heteroatoms. The van der Waals surface area contributed by atoms with E-state index in [9.17, 15) is 0 Å². The maximum Gasteiger partial charge on any atom is 0.246 e. The maximum atomic E-state index is 9.15. The molecule has 2 aromatic carbocycles. The van der Waals surface area contributed by atoms with Gasteiger partial charge in [-0.2, -0.15) is 5.10 Å². The van der Waals surface area contributed by atoms with Crippen LogP contribution in [0.25, 0.3) is 10.8 Å². The fourth-order valence-corrected chi connectivity index (χ4v) is 2.11. The molecule has 0 fully saturated rings. The van der Waals surface area contributed by atoms with Crippen molar-refractivity contribution in [2.45, 2.75) is 13.5 Å². The molecule has 1 N–H and O–H groups in total. The van der Waals surface area contributed by atoms with Crippen LogP contribution in [0, 0.1) is 6.92 Å². The topological polar surface area (TPSA) is 55.2 Å². The van der Waals surface area contributed by atoms with Crippen molar-refractivity contribution in [1.82, 2.24) is 10.2 Å². The lowest BCUT2D eigenvalue weighted by Crippen LogP contribution is -1.95. The van der Waals surface area contributed by atoms with E-state index in [1.807, 2.05) is 49.4 Å². The van der Waals surface area contributed by atoms with Gasteiger partial charge >= 0.3 is 0 Å². The van der Waals surface area contributed by atoms with Crippen LogP contribution in [-0.4, -0.2) is 15.3 Å². The molecule has 0 bridgehead atoms. The zero-order chi connectivity index (χ0) is 13.9. The molecule has 100 valence electrons. The first kappa shape index (κ1) is 12.6. The first-order valence-corrected chi connectivity index (χ1v) is 6.37. The number of nitrogens with zero attached hydrogens (tertiary/aromatic N) is 2. The highest BCUT2D eigenvalue weighted by atomic mass is 16.5. The summed E-state index contributed by atoms with van der Waals surface area (Å²) in [5.41, 5.74) is 1.67. The van der Waals surface area contributed by atoms with Gasteiger partial charge < -0.3 is 9.84 Å². The van der Waals surface area contributed by atoms with Gasteiger partial charge in [0.1, 0.15) is 5.75 Å². The van der Waals surface area contributed by atoms with Crippen molar-refractivity contribution in [2.24, 2.45) is 0 Å². The summed E-state index contributed by atoms with van der Waals surface area (Å²) in [5, 5.41) is 19.3. The molecule has 0 radical (unpaired) electrons. The van der Waals surface area contributed by atoms with E-state index in [4.69, 9.17) is 9.84 Å². The highest BCUT2D eigenvalue weighted by Gasteiger charge is 2.08. The normalized spacial score (nSPS) is 10.7. The third kappa shape index (κ3) is 2.33. The molecule has 0 atom stereocenters. The van der Waals surface area contributed by atoms with Crippen molar-refractivity contribution in [3.8, 4) is 11.6 Å². The van der Waals surface area contributed by atoms with Crippen LogP contribution in [0.15, 0.2) is 48.5 Å². The van der Waals surface area contributed by atoms with Crippen molar-refractivity contribution in [3.05, 3.63) is 59.8 Å². The number of fused-ring (bicyclic) bond motifs is 1. The predicted octanol–water partition coefficient (Wildman–Crippen LogP) is 3.22. The van der Waals surface area contributed by atoms with Gasteiger partial charge in [0.15, 0.2) is 0 Å². The zero-order valence-electron chi connectivity index (χ0n) is 11.1. The number of hydrogen-bond donors (Lipinski definition) is 1. The van der Waals surface area contributed by atoms with Gasteiger partial charge in [0.25, 0.3) is 0 Å². The van der Waals surface area contributed by atoms with E-state index in [1.165, 1.54) is 0 Å². The summed E-state index contributed by atoms with van der Waals surface area (Å²) < 4.78 is 5.80. The van der Waals surface area contributed by atoms with Gasteiger partial charge in [0.2, 0.25) is 5.88 Å². The van der Waals surface area contributed by atoms with Crippen LogP contribution in [0.2, 0.25) is 0 Å². The van der Waals surface area contributed by atoms with Crippen molar-refractivity contribution in [1.29, 1.82) is 0 Å². The Morgan fingerprint density at radius 2 is 1.80 bits per heavy atom. The summed E-state index contributed by atoms with van der Waals surface area (Å²) in [6.45, 7) is 1.91. The van der Waals surface area contributed by atoms with Gasteiger partial charge in [-0.1, -0.05) is 30.3 Å². The molecule has 0 aliphatic heterocycles.